The molecule has 4 heterocycles. The number of rotatable bonds is 4. The Morgan fingerprint density at radius 3 is 2.83 bits per heavy atom. The summed E-state index contributed by atoms with van der Waals surface area (Å²) >= 11 is 6.46. The highest BCUT2D eigenvalue weighted by Gasteiger charge is 2.17. The molecular weight excluding hydrogens is 366 g/mol. The smallest absolute Gasteiger partial charge is 0.206 e. The molecule has 0 radical (unpaired) electrons. The zero-order valence-electron chi connectivity index (χ0n) is 12.2. The first-order valence-electron chi connectivity index (χ1n) is 6.73. The maximum absolute atomic E-state index is 4.66. The van der Waals surface area contributed by atoms with Gasteiger partial charge in [0.25, 0.3) is 0 Å². The van der Waals surface area contributed by atoms with Gasteiger partial charge in [0.05, 0.1) is 5.39 Å². The number of fused-ring (bicyclic) bond motifs is 1. The molecule has 5 nitrogen and oxygen atoms in total. The largest absolute Gasteiger partial charge is 0.363 e. The third-order valence-corrected chi connectivity index (χ3v) is 6.86. The Hall–Kier alpha value is -1.55. The van der Waals surface area contributed by atoms with Crippen LogP contribution in [0.5, 0.6) is 0 Å². The van der Waals surface area contributed by atoms with E-state index >= 15 is 0 Å². The van der Waals surface area contributed by atoms with Gasteiger partial charge in [-0.2, -0.15) is 0 Å². The number of thiophene rings is 2. The summed E-state index contributed by atoms with van der Waals surface area (Å²) in [6.45, 7) is 1.92. The molecule has 4 aromatic rings. The second kappa shape index (κ2) is 6.16. The lowest BCUT2D eigenvalue weighted by Gasteiger charge is -2.03. The maximum Gasteiger partial charge on any atom is 0.206 e. The van der Waals surface area contributed by atoms with Crippen LogP contribution in [0.15, 0.2) is 32.3 Å². The fourth-order valence-electron chi connectivity index (χ4n) is 2.13. The molecule has 4 aromatic heterocycles. The van der Waals surface area contributed by atoms with Gasteiger partial charge in [-0.1, -0.05) is 17.4 Å². The number of anilines is 1. The van der Waals surface area contributed by atoms with Crippen molar-refractivity contribution < 1.29 is 0 Å². The van der Waals surface area contributed by atoms with Crippen LogP contribution in [0.2, 0.25) is 0 Å². The fourth-order valence-corrected chi connectivity index (χ4v) is 5.81. The molecule has 4 rings (SSSR count). The lowest BCUT2D eigenvalue weighted by molar-refractivity contribution is 0.993. The van der Waals surface area contributed by atoms with E-state index < -0.39 is 0 Å². The molecule has 0 saturated heterocycles. The van der Waals surface area contributed by atoms with Crippen LogP contribution in [-0.2, 0) is 0 Å². The van der Waals surface area contributed by atoms with Crippen LogP contribution in [0.4, 0.5) is 5.13 Å². The average molecular weight is 378 g/mol. The molecule has 9 heteroatoms. The van der Waals surface area contributed by atoms with E-state index in [0.29, 0.717) is 0 Å². The van der Waals surface area contributed by atoms with Gasteiger partial charge in [-0.3, -0.25) is 0 Å². The third-order valence-electron chi connectivity index (χ3n) is 3.10. The minimum Gasteiger partial charge on any atom is -0.363 e. The standard InChI is InChI=1S/C14H11N5S4/c1-7-16-11-10(8(6-21-11)9-4-3-5-20-9)12(17-7)22-14-19-18-13(15-2)23-14/h3-6H,1-2H3,(H,15,18). The minimum absolute atomic E-state index is 0.776. The first-order chi connectivity index (χ1) is 11.2. The van der Waals surface area contributed by atoms with Gasteiger partial charge in [0.15, 0.2) is 4.34 Å². The van der Waals surface area contributed by atoms with Crippen molar-refractivity contribution in [2.75, 3.05) is 12.4 Å². The first kappa shape index (κ1) is 15.0. The van der Waals surface area contributed by atoms with Crippen LogP contribution >= 0.6 is 45.8 Å². The van der Waals surface area contributed by atoms with Crippen molar-refractivity contribution in [3.8, 4) is 10.4 Å². The third kappa shape index (κ3) is 2.85. The van der Waals surface area contributed by atoms with E-state index in [-0.39, 0.29) is 0 Å². The van der Waals surface area contributed by atoms with Crippen LogP contribution in [-0.4, -0.2) is 27.2 Å². The van der Waals surface area contributed by atoms with Crippen molar-refractivity contribution in [3.05, 3.63) is 28.7 Å². The summed E-state index contributed by atoms with van der Waals surface area (Å²) in [5, 5.41) is 18.4. The Morgan fingerprint density at radius 2 is 2.09 bits per heavy atom. The molecule has 0 aromatic carbocycles. The summed E-state index contributed by atoms with van der Waals surface area (Å²) in [6, 6.07) is 4.19. The number of aromatic nitrogens is 4. The lowest BCUT2D eigenvalue weighted by Crippen LogP contribution is -1.90. The van der Waals surface area contributed by atoms with E-state index in [1.807, 2.05) is 14.0 Å². The highest BCUT2D eigenvalue weighted by Crippen LogP contribution is 2.42. The Balaban J connectivity index is 1.85. The minimum atomic E-state index is 0.776. The van der Waals surface area contributed by atoms with Crippen LogP contribution in [0, 0.1) is 6.92 Å². The first-order valence-corrected chi connectivity index (χ1v) is 10.1. The molecule has 0 bridgehead atoms. The average Bonchev–Trinajstić information content (AvgIpc) is 3.26. The summed E-state index contributed by atoms with van der Waals surface area (Å²) in [7, 11) is 1.84. The van der Waals surface area contributed by atoms with Crippen LogP contribution in [0.3, 0.4) is 0 Å². The second-order valence-corrected chi connectivity index (χ2v) is 8.63. The molecular formula is C14H11N5S4. The molecule has 0 saturated carbocycles. The second-order valence-electron chi connectivity index (χ2n) is 4.61. The molecule has 0 fully saturated rings. The van der Waals surface area contributed by atoms with Crippen LogP contribution in [0.25, 0.3) is 20.7 Å². The van der Waals surface area contributed by atoms with Gasteiger partial charge in [-0.05, 0) is 30.1 Å². The number of nitrogens with one attached hydrogen (secondary N) is 1. The highest BCUT2D eigenvalue weighted by atomic mass is 32.2. The van der Waals surface area contributed by atoms with Gasteiger partial charge < -0.3 is 5.32 Å². The summed E-state index contributed by atoms with van der Waals surface area (Å²) in [5.74, 6) is 0.776. The van der Waals surface area contributed by atoms with Crippen LogP contribution < -0.4 is 5.32 Å². The van der Waals surface area contributed by atoms with E-state index in [1.54, 1.807) is 34.4 Å². The fraction of sp³-hybridized carbons (Fsp3) is 0.143. The Morgan fingerprint density at radius 1 is 1.17 bits per heavy atom. The van der Waals surface area contributed by atoms with Gasteiger partial charge in [-0.15, -0.1) is 32.9 Å². The normalized spacial score (nSPS) is 11.2. The molecule has 23 heavy (non-hydrogen) atoms. The van der Waals surface area contributed by atoms with Crippen molar-refractivity contribution >= 4 is 61.1 Å². The number of nitrogens with zero attached hydrogens (tertiary/aromatic N) is 4. The molecule has 0 amide bonds. The summed E-state index contributed by atoms with van der Waals surface area (Å²) in [6.07, 6.45) is 0. The number of hydrogen-bond acceptors (Lipinski definition) is 9. The summed E-state index contributed by atoms with van der Waals surface area (Å²) in [5.41, 5.74) is 1.20. The van der Waals surface area contributed by atoms with Gasteiger partial charge in [0.1, 0.15) is 15.7 Å². The molecule has 1 N–H and O–H groups in total. The molecule has 0 atom stereocenters. The van der Waals surface area contributed by atoms with E-state index in [0.717, 1.165) is 30.5 Å². The monoisotopic (exact) mass is 377 g/mol. The highest BCUT2D eigenvalue weighted by molar-refractivity contribution is 8.01. The van der Waals surface area contributed by atoms with Crippen molar-refractivity contribution in [2.45, 2.75) is 16.3 Å². The molecule has 0 aliphatic heterocycles. The summed E-state index contributed by atoms with van der Waals surface area (Å²) < 4.78 is 0.872. The Kier molecular flexibility index (Phi) is 4.02. The van der Waals surface area contributed by atoms with Gasteiger partial charge in [0.2, 0.25) is 5.13 Å². The van der Waals surface area contributed by atoms with Crippen molar-refractivity contribution in [2.24, 2.45) is 0 Å². The predicted octanol–water partition coefficient (Wildman–Crippen LogP) is 4.77. The van der Waals surface area contributed by atoms with Crippen molar-refractivity contribution in [3.63, 3.8) is 0 Å². The van der Waals surface area contributed by atoms with E-state index in [9.17, 15) is 0 Å². The SMILES string of the molecule is CNc1nnc(Sc2nc(C)nc3scc(-c4cccs4)c23)s1. The summed E-state index contributed by atoms with van der Waals surface area (Å²) in [4.78, 5) is 11.5. The molecule has 0 aliphatic rings. The Bertz CT molecular complexity index is 957. The zero-order valence-corrected chi connectivity index (χ0v) is 15.5. The lowest BCUT2D eigenvalue weighted by atomic mass is 10.2. The molecule has 0 unspecified atom stereocenters. The predicted molar refractivity (Wildman–Crippen MR) is 99.0 cm³/mol. The quantitative estimate of drug-likeness (QED) is 0.517. The van der Waals surface area contributed by atoms with E-state index in [4.69, 9.17) is 0 Å². The van der Waals surface area contributed by atoms with Crippen molar-refractivity contribution in [1.29, 1.82) is 0 Å². The van der Waals surface area contributed by atoms with E-state index in [1.165, 1.54) is 21.8 Å². The molecule has 0 aliphatic carbocycles. The van der Waals surface area contributed by atoms with Crippen LogP contribution in [0.1, 0.15) is 5.82 Å². The number of aryl methyl sites for hydroxylation is 1. The van der Waals surface area contributed by atoms with Gasteiger partial charge >= 0.3 is 0 Å². The maximum atomic E-state index is 4.66. The number of hydrogen-bond donors (Lipinski definition) is 1. The van der Waals surface area contributed by atoms with E-state index in [2.05, 4.69) is 48.4 Å². The van der Waals surface area contributed by atoms with Crippen molar-refractivity contribution in [1.82, 2.24) is 20.2 Å². The van der Waals surface area contributed by atoms with Gasteiger partial charge in [-0.25, -0.2) is 9.97 Å². The molecule has 116 valence electrons. The zero-order chi connectivity index (χ0) is 15.8. The van der Waals surface area contributed by atoms with Gasteiger partial charge in [0, 0.05) is 22.9 Å². The molecule has 0 spiro atoms. The Labute approximate surface area is 148 Å². The topological polar surface area (TPSA) is 63.6 Å².